The second kappa shape index (κ2) is 11.4. The van der Waals surface area contributed by atoms with Gasteiger partial charge in [0.1, 0.15) is 5.82 Å². The van der Waals surface area contributed by atoms with Gasteiger partial charge in [0.2, 0.25) is 5.91 Å². The molecule has 33 heavy (non-hydrogen) atoms. The molecule has 2 atom stereocenters. The maximum atomic E-state index is 13.9. The summed E-state index contributed by atoms with van der Waals surface area (Å²) >= 11 is 6.17. The van der Waals surface area contributed by atoms with E-state index in [1.807, 2.05) is 48.5 Å². The molecule has 0 aromatic heterocycles. The highest BCUT2D eigenvalue weighted by molar-refractivity contribution is 6.30. The highest BCUT2D eigenvalue weighted by Gasteiger charge is 2.36. The lowest BCUT2D eigenvalue weighted by Gasteiger charge is -2.23. The Hall–Kier alpha value is -2.73. The Balaban J connectivity index is 1.38. The van der Waals surface area contributed by atoms with Crippen LogP contribution in [-0.2, 0) is 24.3 Å². The van der Waals surface area contributed by atoms with Crippen LogP contribution in [0.5, 0.6) is 0 Å². The van der Waals surface area contributed by atoms with Gasteiger partial charge in [-0.15, -0.1) is 0 Å². The lowest BCUT2D eigenvalue weighted by molar-refractivity contribution is -0.125. The minimum atomic E-state index is -0.252. The molecule has 0 radical (unpaired) electrons. The summed E-state index contributed by atoms with van der Waals surface area (Å²) < 4.78 is 13.9. The molecular weight excluding hydrogens is 437 g/mol. The Morgan fingerprint density at radius 2 is 1.76 bits per heavy atom. The lowest BCUT2D eigenvalue weighted by atomic mass is 10.1. The summed E-state index contributed by atoms with van der Waals surface area (Å²) in [6.07, 6.45) is 1.19. The molecular formula is C27H29ClFN3O. The molecule has 3 aromatic carbocycles. The molecule has 4 nitrogen and oxygen atoms in total. The number of carbonyl (C=O) groups is 1. The van der Waals surface area contributed by atoms with Crippen LogP contribution < -0.4 is 10.6 Å². The zero-order valence-electron chi connectivity index (χ0n) is 18.5. The van der Waals surface area contributed by atoms with Gasteiger partial charge in [0, 0.05) is 37.2 Å². The standard InChI is InChI=1S/C27H29ClFN3O/c28-23-11-6-9-21(15-23)18-32-19-24(31-17-20-7-2-1-3-8-20)16-26(32)27(33)30-14-13-22-10-4-5-12-25(22)29/h1-12,15,24,26,31H,13-14,16-19H2,(H,30,33)/t24-,26-/m0/s1. The Bertz CT molecular complexity index is 1060. The molecule has 0 unspecified atom stereocenters. The van der Waals surface area contributed by atoms with Crippen LogP contribution in [0.25, 0.3) is 0 Å². The van der Waals surface area contributed by atoms with Gasteiger partial charge in [0.05, 0.1) is 6.04 Å². The van der Waals surface area contributed by atoms with Crippen molar-refractivity contribution in [1.82, 2.24) is 15.5 Å². The van der Waals surface area contributed by atoms with Crippen molar-refractivity contribution in [2.24, 2.45) is 0 Å². The van der Waals surface area contributed by atoms with E-state index in [-0.39, 0.29) is 23.8 Å². The molecule has 1 aliphatic heterocycles. The number of hydrogen-bond acceptors (Lipinski definition) is 3. The van der Waals surface area contributed by atoms with Crippen LogP contribution in [0.3, 0.4) is 0 Å². The Morgan fingerprint density at radius 3 is 2.55 bits per heavy atom. The van der Waals surface area contributed by atoms with E-state index < -0.39 is 0 Å². The topological polar surface area (TPSA) is 44.4 Å². The van der Waals surface area contributed by atoms with Gasteiger partial charge in [0.15, 0.2) is 0 Å². The van der Waals surface area contributed by atoms with Crippen molar-refractivity contribution in [2.45, 2.75) is 38.0 Å². The minimum absolute atomic E-state index is 0.0163. The van der Waals surface area contributed by atoms with Crippen molar-refractivity contribution in [3.63, 3.8) is 0 Å². The zero-order valence-corrected chi connectivity index (χ0v) is 19.3. The first kappa shape index (κ1) is 23.4. The number of carbonyl (C=O) groups excluding carboxylic acids is 1. The molecule has 1 aliphatic rings. The normalized spacial score (nSPS) is 18.4. The fraction of sp³-hybridized carbons (Fsp3) is 0.296. The van der Waals surface area contributed by atoms with Gasteiger partial charge >= 0.3 is 0 Å². The van der Waals surface area contributed by atoms with E-state index in [4.69, 9.17) is 11.6 Å². The van der Waals surface area contributed by atoms with E-state index in [1.54, 1.807) is 12.1 Å². The van der Waals surface area contributed by atoms with Crippen LogP contribution in [0.4, 0.5) is 4.39 Å². The van der Waals surface area contributed by atoms with E-state index >= 15 is 0 Å². The van der Waals surface area contributed by atoms with Crippen molar-refractivity contribution >= 4 is 17.5 Å². The van der Waals surface area contributed by atoms with Gasteiger partial charge in [0.25, 0.3) is 0 Å². The number of likely N-dealkylation sites (tertiary alicyclic amines) is 1. The number of hydrogen-bond donors (Lipinski definition) is 2. The van der Waals surface area contributed by atoms with Gasteiger partial charge in [-0.2, -0.15) is 0 Å². The minimum Gasteiger partial charge on any atom is -0.354 e. The molecule has 1 heterocycles. The van der Waals surface area contributed by atoms with Crippen LogP contribution in [0.15, 0.2) is 78.9 Å². The molecule has 1 fully saturated rings. The lowest BCUT2D eigenvalue weighted by Crippen LogP contribution is -2.43. The summed E-state index contributed by atoms with van der Waals surface area (Å²) in [5.41, 5.74) is 2.91. The summed E-state index contributed by atoms with van der Waals surface area (Å²) in [6, 6.07) is 24.7. The van der Waals surface area contributed by atoms with Crippen LogP contribution in [0, 0.1) is 5.82 Å². The molecule has 3 aromatic rings. The van der Waals surface area contributed by atoms with Crippen LogP contribution in [0.2, 0.25) is 5.02 Å². The Labute approximate surface area is 199 Å². The smallest absolute Gasteiger partial charge is 0.237 e. The van der Waals surface area contributed by atoms with Gasteiger partial charge in [-0.25, -0.2) is 4.39 Å². The molecule has 1 saturated heterocycles. The number of benzene rings is 3. The predicted octanol–water partition coefficient (Wildman–Crippen LogP) is 4.57. The van der Waals surface area contributed by atoms with E-state index in [2.05, 4.69) is 27.7 Å². The fourth-order valence-electron chi connectivity index (χ4n) is 4.37. The third kappa shape index (κ3) is 6.64. The summed E-state index contributed by atoms with van der Waals surface area (Å²) in [6.45, 7) is 2.59. The average molecular weight is 466 g/mol. The largest absolute Gasteiger partial charge is 0.354 e. The van der Waals surface area contributed by atoms with E-state index in [1.165, 1.54) is 11.6 Å². The quantitative estimate of drug-likeness (QED) is 0.486. The van der Waals surface area contributed by atoms with Gasteiger partial charge in [-0.1, -0.05) is 72.3 Å². The first-order chi connectivity index (χ1) is 16.1. The molecule has 172 valence electrons. The van der Waals surface area contributed by atoms with Crippen molar-refractivity contribution in [1.29, 1.82) is 0 Å². The van der Waals surface area contributed by atoms with Crippen LogP contribution in [-0.4, -0.2) is 36.0 Å². The zero-order chi connectivity index (χ0) is 23.0. The van der Waals surface area contributed by atoms with Crippen LogP contribution in [0.1, 0.15) is 23.1 Å². The first-order valence-electron chi connectivity index (χ1n) is 11.4. The van der Waals surface area contributed by atoms with Gasteiger partial charge in [-0.3, -0.25) is 9.69 Å². The highest BCUT2D eigenvalue weighted by Crippen LogP contribution is 2.23. The molecule has 0 aliphatic carbocycles. The summed E-state index contributed by atoms with van der Waals surface area (Å²) in [5.74, 6) is -0.252. The summed E-state index contributed by atoms with van der Waals surface area (Å²) in [7, 11) is 0. The van der Waals surface area contributed by atoms with E-state index in [0.717, 1.165) is 25.1 Å². The molecule has 1 amide bonds. The van der Waals surface area contributed by atoms with Crippen molar-refractivity contribution in [3.05, 3.63) is 106 Å². The highest BCUT2D eigenvalue weighted by atomic mass is 35.5. The van der Waals surface area contributed by atoms with E-state index in [9.17, 15) is 9.18 Å². The van der Waals surface area contributed by atoms with Crippen LogP contribution >= 0.6 is 11.6 Å². The second-order valence-electron chi connectivity index (χ2n) is 8.51. The monoisotopic (exact) mass is 465 g/mol. The van der Waals surface area contributed by atoms with E-state index in [0.29, 0.717) is 30.1 Å². The molecule has 2 N–H and O–H groups in total. The average Bonchev–Trinajstić information content (AvgIpc) is 3.22. The van der Waals surface area contributed by atoms with Gasteiger partial charge < -0.3 is 10.6 Å². The third-order valence-corrected chi connectivity index (χ3v) is 6.30. The molecule has 6 heteroatoms. The SMILES string of the molecule is O=C(NCCc1ccccc1F)[C@@H]1C[C@H](NCc2ccccc2)CN1Cc1cccc(Cl)c1. The molecule has 0 saturated carbocycles. The molecule has 4 rings (SSSR count). The summed E-state index contributed by atoms with van der Waals surface area (Å²) in [5, 5.41) is 7.31. The molecule has 0 bridgehead atoms. The van der Waals surface area contributed by atoms with Crippen molar-refractivity contribution in [2.75, 3.05) is 13.1 Å². The Morgan fingerprint density at radius 1 is 1.00 bits per heavy atom. The fourth-order valence-corrected chi connectivity index (χ4v) is 4.58. The second-order valence-corrected chi connectivity index (χ2v) is 8.94. The Kier molecular flexibility index (Phi) is 8.10. The third-order valence-electron chi connectivity index (χ3n) is 6.07. The van der Waals surface area contributed by atoms with Gasteiger partial charge in [-0.05, 0) is 47.7 Å². The number of halogens is 2. The number of rotatable bonds is 9. The maximum Gasteiger partial charge on any atom is 0.237 e. The summed E-state index contributed by atoms with van der Waals surface area (Å²) in [4.78, 5) is 15.3. The van der Waals surface area contributed by atoms with Crippen molar-refractivity contribution < 1.29 is 9.18 Å². The number of amides is 1. The predicted molar refractivity (Wildman–Crippen MR) is 130 cm³/mol. The maximum absolute atomic E-state index is 13.9. The number of nitrogens with one attached hydrogen (secondary N) is 2. The first-order valence-corrected chi connectivity index (χ1v) is 11.7. The number of nitrogens with zero attached hydrogens (tertiary/aromatic N) is 1. The molecule has 0 spiro atoms. The van der Waals surface area contributed by atoms with Crippen molar-refractivity contribution in [3.8, 4) is 0 Å².